The largest absolute Gasteiger partial charge is 0.394 e. The maximum Gasteiger partial charge on any atom is 0.186 e. The van der Waals surface area contributed by atoms with Gasteiger partial charge in [-0.25, -0.2) is 0 Å². The van der Waals surface area contributed by atoms with Gasteiger partial charge in [-0.05, 0) is 0 Å². The van der Waals surface area contributed by atoms with Gasteiger partial charge >= 0.3 is 0 Å². The van der Waals surface area contributed by atoms with Crippen molar-refractivity contribution >= 4 is 0 Å². The molecule has 0 radical (unpaired) electrons. The van der Waals surface area contributed by atoms with Gasteiger partial charge in [-0.2, -0.15) is 0 Å². The number of ether oxygens (including phenoxy) is 15. The average Bonchev–Trinajstić information content (AvgIpc) is 3.72. The van der Waals surface area contributed by atoms with Gasteiger partial charge in [-0.3, -0.25) is 0 Å². The van der Waals surface area contributed by atoms with Gasteiger partial charge in [0.05, 0.1) is 52.9 Å². The minimum Gasteiger partial charge on any atom is -0.394 e. The molecular formula is C48H82O41. The van der Waals surface area contributed by atoms with Crippen LogP contribution in [0, 0.1) is 0 Å². The highest BCUT2D eigenvalue weighted by molar-refractivity contribution is 4.98. The molecule has 0 aliphatic carbocycles. The van der Waals surface area contributed by atoms with Crippen LogP contribution in [0.2, 0.25) is 0 Å². The molecular weight excluding hydrogens is 1230 g/mol. The molecule has 8 heterocycles. The smallest absolute Gasteiger partial charge is 0.186 e. The first-order valence-electron chi connectivity index (χ1n) is 28.1. The molecule has 0 bridgehead atoms. The van der Waals surface area contributed by atoms with E-state index in [4.69, 9.17) is 71.1 Å². The van der Waals surface area contributed by atoms with Crippen LogP contribution in [0.5, 0.6) is 0 Å². The molecule has 0 amide bonds. The number of aliphatic hydroxyl groups excluding tert-OH is 26. The zero-order chi connectivity index (χ0) is 65.4. The van der Waals surface area contributed by atoms with Crippen molar-refractivity contribution in [2.45, 2.75) is 246 Å². The summed E-state index contributed by atoms with van der Waals surface area (Å²) in [5.74, 6) is 0. The summed E-state index contributed by atoms with van der Waals surface area (Å²) < 4.78 is 82.3. The lowest BCUT2D eigenvalue weighted by atomic mass is 9.97. The van der Waals surface area contributed by atoms with Crippen molar-refractivity contribution in [3.8, 4) is 0 Å². The van der Waals surface area contributed by atoms with Gasteiger partial charge in [0.1, 0.15) is 195 Å². The molecule has 520 valence electrons. The van der Waals surface area contributed by atoms with E-state index in [1.807, 2.05) is 0 Å². The fourth-order valence-corrected chi connectivity index (χ4v) is 10.8. The van der Waals surface area contributed by atoms with Crippen LogP contribution in [-0.4, -0.2) is 431 Å². The molecule has 1 unspecified atom stereocenters. The zero-order valence-electron chi connectivity index (χ0n) is 46.5. The lowest BCUT2D eigenvalue weighted by molar-refractivity contribution is -0.354. The second kappa shape index (κ2) is 31.5. The van der Waals surface area contributed by atoms with Crippen LogP contribution in [0.25, 0.3) is 0 Å². The van der Waals surface area contributed by atoms with Crippen molar-refractivity contribution in [2.24, 2.45) is 0 Å². The van der Waals surface area contributed by atoms with Crippen molar-refractivity contribution in [1.82, 2.24) is 0 Å². The standard InChI is InChI=1S/C48H82O41/c49-1-9-17(50)26(59)34(67)42(83-9)76-3-11-19(52)28(61)36(69)44(85-11)78-5-13-21(54)30(63)38(71)46(87-13)80-7-15-23(56)32(65)40(73)48(89-15)81-8-16-24(57)31(64)39(72)47(88-16)79-6-14-22(55)29(62)37(70)45(86-14)77-4-12-20(53)27(60)35(68)43(84-12)75-2-10-18(51)25(58)33(66)41(74)82-10/h9-74H,1-8H2/t9-,10-,11-,12-,13-,14-,15-,16-,17-,18-,19-,20-,21-,22-,23-,24-,25+,26+,27+,28+,29+,30+,31+,32+,33-,34-,35-,36-,37-,38-,39-,40-,41?,42-,43-,44-,45-,46-,47-,48-/m1/s1. The van der Waals surface area contributed by atoms with Crippen molar-refractivity contribution < 1.29 is 204 Å². The van der Waals surface area contributed by atoms with Crippen LogP contribution >= 0.6 is 0 Å². The molecule has 8 rings (SSSR count). The van der Waals surface area contributed by atoms with Gasteiger partial charge in [0.2, 0.25) is 0 Å². The molecule has 89 heavy (non-hydrogen) atoms. The molecule has 0 aromatic rings. The van der Waals surface area contributed by atoms with Crippen LogP contribution in [0.15, 0.2) is 0 Å². The molecule has 0 spiro atoms. The van der Waals surface area contributed by atoms with E-state index in [0.717, 1.165) is 0 Å². The van der Waals surface area contributed by atoms with Crippen LogP contribution < -0.4 is 0 Å². The van der Waals surface area contributed by atoms with Gasteiger partial charge in [0, 0.05) is 0 Å². The number of hydrogen-bond acceptors (Lipinski definition) is 41. The third kappa shape index (κ3) is 16.1. The van der Waals surface area contributed by atoms with Crippen LogP contribution in [0.4, 0.5) is 0 Å². The van der Waals surface area contributed by atoms with Crippen LogP contribution in [0.3, 0.4) is 0 Å². The topological polar surface area (TPSA) is 664 Å². The molecule has 41 heteroatoms. The van der Waals surface area contributed by atoms with Crippen LogP contribution in [-0.2, 0) is 71.1 Å². The summed E-state index contributed by atoms with van der Waals surface area (Å²) in [5, 5.41) is 273. The molecule has 8 aliphatic rings. The molecule has 0 aromatic carbocycles. The SMILES string of the molecule is OC[C@H]1O[C@@H](OC[C@H]2O[C@@H](OC[C@H]3O[C@@H](OC[C@H]4O[C@@H](OC[C@H]5O[C@@H](OC[C@H]6O[C@@H](OC[C@H]7O[C@@H](OC[C@H]8OC(O)[C@H](O)[C@@H](O)[C@@H]8O)[C@H](O)[C@@H](O)[C@@H]7O)[C@H](O)[C@@H](O)[C@@H]6O)[C@H](O)[C@@H](O)[C@@H]5O)[C@H](O)[C@@H](O)[C@@H]4O)[C@H](O)[C@@H](O)[C@@H]3O)[C@H](O)[C@@H](O)[C@@H]2O)[C@H](O)[C@@H](O)[C@@H]1O. The number of aliphatic hydroxyl groups is 26. The predicted molar refractivity (Wildman–Crippen MR) is 264 cm³/mol. The predicted octanol–water partition coefficient (Wildman–Crippen LogP) is -18.5. The van der Waals surface area contributed by atoms with E-state index >= 15 is 0 Å². The van der Waals surface area contributed by atoms with Gasteiger partial charge in [0.25, 0.3) is 0 Å². The van der Waals surface area contributed by atoms with Gasteiger partial charge in [-0.15, -0.1) is 0 Å². The summed E-state index contributed by atoms with van der Waals surface area (Å²) in [6, 6.07) is 0. The van der Waals surface area contributed by atoms with Crippen LogP contribution in [0.1, 0.15) is 0 Å². The Morgan fingerprint density at radius 3 is 0.494 bits per heavy atom. The highest BCUT2D eigenvalue weighted by atomic mass is 16.8. The fraction of sp³-hybridized carbons (Fsp3) is 1.00. The minimum atomic E-state index is -2.09. The lowest BCUT2D eigenvalue weighted by Gasteiger charge is -2.45. The van der Waals surface area contributed by atoms with Crippen molar-refractivity contribution in [1.29, 1.82) is 0 Å². The van der Waals surface area contributed by atoms with E-state index in [1.165, 1.54) is 0 Å². The molecule has 26 N–H and O–H groups in total. The zero-order valence-corrected chi connectivity index (χ0v) is 46.5. The summed E-state index contributed by atoms with van der Waals surface area (Å²) >= 11 is 0. The van der Waals surface area contributed by atoms with Gasteiger partial charge < -0.3 is 204 Å². The maximum absolute atomic E-state index is 10.9. The second-order valence-electron chi connectivity index (χ2n) is 22.7. The van der Waals surface area contributed by atoms with Gasteiger partial charge in [0.15, 0.2) is 50.3 Å². The fourth-order valence-electron chi connectivity index (χ4n) is 10.8. The summed E-state index contributed by atoms with van der Waals surface area (Å²) in [7, 11) is 0. The third-order valence-corrected chi connectivity index (χ3v) is 16.5. The third-order valence-electron chi connectivity index (χ3n) is 16.5. The van der Waals surface area contributed by atoms with E-state index in [-0.39, 0.29) is 0 Å². The summed E-state index contributed by atoms with van der Waals surface area (Å²) in [6.45, 7) is -6.46. The number of rotatable bonds is 22. The van der Waals surface area contributed by atoms with E-state index in [2.05, 4.69) is 0 Å². The minimum absolute atomic E-state index is 0.721. The Hall–Kier alpha value is -1.64. The number of hydrogen-bond donors (Lipinski definition) is 26. The average molecular weight is 1320 g/mol. The molecule has 8 aliphatic heterocycles. The Morgan fingerprint density at radius 2 is 0.315 bits per heavy atom. The quantitative estimate of drug-likeness (QED) is 0.0479. The lowest BCUT2D eigenvalue weighted by Crippen LogP contribution is -2.63. The van der Waals surface area contributed by atoms with E-state index in [9.17, 15) is 133 Å². The molecule has 40 atom stereocenters. The van der Waals surface area contributed by atoms with E-state index in [1.54, 1.807) is 0 Å². The van der Waals surface area contributed by atoms with Crippen molar-refractivity contribution in [3.63, 3.8) is 0 Å². The first kappa shape index (κ1) is 73.2. The van der Waals surface area contributed by atoms with E-state index in [0.29, 0.717) is 0 Å². The Bertz CT molecular complexity index is 2130. The molecule has 8 saturated heterocycles. The molecule has 41 nitrogen and oxygen atoms in total. The highest BCUT2D eigenvalue weighted by Gasteiger charge is 2.54. The molecule has 0 aromatic heterocycles. The van der Waals surface area contributed by atoms with Gasteiger partial charge in [-0.1, -0.05) is 0 Å². The van der Waals surface area contributed by atoms with Crippen molar-refractivity contribution in [3.05, 3.63) is 0 Å². The second-order valence-corrected chi connectivity index (χ2v) is 22.7. The first-order chi connectivity index (χ1) is 42.0. The Kier molecular flexibility index (Phi) is 25.9. The van der Waals surface area contributed by atoms with Crippen molar-refractivity contribution in [2.75, 3.05) is 52.9 Å². The highest BCUT2D eigenvalue weighted by Crippen LogP contribution is 2.33. The maximum atomic E-state index is 10.9. The van der Waals surface area contributed by atoms with E-state index < -0.39 is 299 Å². The Labute approximate surface area is 501 Å². The summed E-state index contributed by atoms with van der Waals surface area (Å²) in [5.41, 5.74) is 0. The molecule has 0 saturated carbocycles. The first-order valence-corrected chi connectivity index (χ1v) is 28.1. The monoisotopic (exact) mass is 1310 g/mol. The summed E-state index contributed by atoms with van der Waals surface area (Å²) in [4.78, 5) is 0. The summed E-state index contributed by atoms with van der Waals surface area (Å²) in [6.07, 6.45) is -74.9. The Balaban J connectivity index is 0.811. The normalized spacial score (nSPS) is 53.6. The Morgan fingerprint density at radius 1 is 0.169 bits per heavy atom. The molecule has 8 fully saturated rings.